The molecule has 1 fully saturated rings. The molecule has 0 radical (unpaired) electrons. The smallest absolute Gasteiger partial charge is 0.0930 e. The van der Waals surface area contributed by atoms with E-state index in [-0.39, 0.29) is 12.1 Å². The normalized spacial score (nSPS) is 19.9. The van der Waals surface area contributed by atoms with Gasteiger partial charge >= 0.3 is 0 Å². The molecule has 0 aliphatic heterocycles. The molecule has 2 rings (SSSR count). The van der Waals surface area contributed by atoms with Gasteiger partial charge in [-0.1, -0.05) is 24.3 Å². The first-order valence-corrected chi connectivity index (χ1v) is 5.25. The number of aliphatic hydroxyl groups is 1. The molecule has 1 unspecified atom stereocenters. The quantitative estimate of drug-likeness (QED) is 0.782. The Balaban J connectivity index is 2.27. The first kappa shape index (κ1) is 10.6. The summed E-state index contributed by atoms with van der Waals surface area (Å²) in [5.41, 5.74) is 7.36. The van der Waals surface area contributed by atoms with E-state index in [1.165, 1.54) is 0 Å². The molecule has 0 aromatic heterocycles. The summed E-state index contributed by atoms with van der Waals surface area (Å²) in [6, 6.07) is 7.88. The lowest BCUT2D eigenvalue weighted by Crippen LogP contribution is -2.14. The van der Waals surface area contributed by atoms with Crippen LogP contribution in [-0.4, -0.2) is 18.8 Å². The van der Waals surface area contributed by atoms with Crippen molar-refractivity contribution in [3.8, 4) is 0 Å². The number of rotatable bonds is 4. The van der Waals surface area contributed by atoms with Gasteiger partial charge in [-0.3, -0.25) is 0 Å². The maximum Gasteiger partial charge on any atom is 0.0930 e. The SMILES string of the molecule is COC1(c2cccc(C(O)CN)c2)CC1. The summed E-state index contributed by atoms with van der Waals surface area (Å²) in [5.74, 6) is 0. The molecule has 1 aliphatic rings. The first-order valence-electron chi connectivity index (χ1n) is 5.25. The molecule has 15 heavy (non-hydrogen) atoms. The lowest BCUT2D eigenvalue weighted by Gasteiger charge is -2.16. The van der Waals surface area contributed by atoms with Gasteiger partial charge < -0.3 is 15.6 Å². The summed E-state index contributed by atoms with van der Waals surface area (Å²) in [7, 11) is 1.74. The van der Waals surface area contributed by atoms with Gasteiger partial charge in [-0.2, -0.15) is 0 Å². The Kier molecular flexibility index (Phi) is 2.78. The van der Waals surface area contributed by atoms with Crippen LogP contribution in [0.4, 0.5) is 0 Å². The fourth-order valence-corrected chi connectivity index (χ4v) is 1.89. The van der Waals surface area contributed by atoms with Gasteiger partial charge in [-0.15, -0.1) is 0 Å². The lowest BCUT2D eigenvalue weighted by molar-refractivity contribution is 0.0786. The molecule has 0 spiro atoms. The monoisotopic (exact) mass is 207 g/mol. The van der Waals surface area contributed by atoms with Gasteiger partial charge in [0.25, 0.3) is 0 Å². The standard InChI is InChI=1S/C12H17NO2/c1-15-12(5-6-12)10-4-2-3-9(7-10)11(14)8-13/h2-4,7,11,14H,5-6,8,13H2,1H3. The first-order chi connectivity index (χ1) is 7.22. The van der Waals surface area contributed by atoms with E-state index in [4.69, 9.17) is 10.5 Å². The van der Waals surface area contributed by atoms with Gasteiger partial charge in [0.05, 0.1) is 11.7 Å². The average Bonchev–Trinajstić information content (AvgIpc) is 3.09. The highest BCUT2D eigenvalue weighted by atomic mass is 16.5. The molecule has 0 amide bonds. The van der Waals surface area contributed by atoms with Crippen LogP contribution in [0.25, 0.3) is 0 Å². The Labute approximate surface area is 89.9 Å². The fraction of sp³-hybridized carbons (Fsp3) is 0.500. The van der Waals surface area contributed by atoms with Crippen LogP contribution in [0.1, 0.15) is 30.1 Å². The van der Waals surface area contributed by atoms with Crippen molar-refractivity contribution in [2.45, 2.75) is 24.5 Å². The van der Waals surface area contributed by atoms with Crippen molar-refractivity contribution in [2.75, 3.05) is 13.7 Å². The summed E-state index contributed by atoms with van der Waals surface area (Å²) < 4.78 is 5.49. The average molecular weight is 207 g/mol. The summed E-state index contributed by atoms with van der Waals surface area (Å²) in [6.45, 7) is 0.253. The highest BCUT2D eigenvalue weighted by molar-refractivity contribution is 5.33. The molecule has 1 saturated carbocycles. The third kappa shape index (κ3) is 1.91. The largest absolute Gasteiger partial charge is 0.387 e. The van der Waals surface area contributed by atoms with Crippen LogP contribution >= 0.6 is 0 Å². The zero-order chi connectivity index (χ0) is 10.9. The molecule has 1 atom stereocenters. The zero-order valence-corrected chi connectivity index (χ0v) is 8.94. The highest BCUT2D eigenvalue weighted by Gasteiger charge is 2.44. The van der Waals surface area contributed by atoms with Crippen LogP contribution in [0.5, 0.6) is 0 Å². The second-order valence-corrected chi connectivity index (χ2v) is 4.08. The maximum absolute atomic E-state index is 9.65. The molecular weight excluding hydrogens is 190 g/mol. The van der Waals surface area contributed by atoms with Crippen molar-refractivity contribution in [2.24, 2.45) is 5.73 Å². The van der Waals surface area contributed by atoms with E-state index >= 15 is 0 Å². The number of hydrogen-bond acceptors (Lipinski definition) is 3. The number of benzene rings is 1. The van der Waals surface area contributed by atoms with Crippen LogP contribution in [-0.2, 0) is 10.3 Å². The minimum Gasteiger partial charge on any atom is -0.387 e. The number of aliphatic hydroxyl groups excluding tert-OH is 1. The summed E-state index contributed by atoms with van der Waals surface area (Å²) >= 11 is 0. The van der Waals surface area contributed by atoms with Crippen LogP contribution < -0.4 is 5.73 Å². The van der Waals surface area contributed by atoms with Crippen LogP contribution in [0, 0.1) is 0 Å². The van der Waals surface area contributed by atoms with E-state index in [0.717, 1.165) is 24.0 Å². The van der Waals surface area contributed by atoms with Crippen LogP contribution in [0.2, 0.25) is 0 Å². The predicted molar refractivity (Wildman–Crippen MR) is 58.4 cm³/mol. The molecule has 0 bridgehead atoms. The Bertz CT molecular complexity index is 347. The van der Waals surface area contributed by atoms with E-state index < -0.39 is 6.10 Å². The molecule has 1 aliphatic carbocycles. The molecule has 0 saturated heterocycles. The minimum atomic E-state index is -0.572. The van der Waals surface area contributed by atoms with Crippen molar-refractivity contribution >= 4 is 0 Å². The Morgan fingerprint density at radius 2 is 2.27 bits per heavy atom. The Morgan fingerprint density at radius 1 is 1.53 bits per heavy atom. The molecule has 1 aromatic rings. The molecule has 3 heteroatoms. The molecular formula is C12H17NO2. The highest BCUT2D eigenvalue weighted by Crippen LogP contribution is 2.48. The Hall–Kier alpha value is -0.900. The van der Waals surface area contributed by atoms with Gasteiger partial charge in [0.2, 0.25) is 0 Å². The van der Waals surface area contributed by atoms with Gasteiger partial charge in [-0.05, 0) is 24.0 Å². The van der Waals surface area contributed by atoms with Crippen molar-refractivity contribution in [1.29, 1.82) is 0 Å². The van der Waals surface area contributed by atoms with Gasteiger partial charge in [-0.25, -0.2) is 0 Å². The number of methoxy groups -OCH3 is 1. The maximum atomic E-state index is 9.65. The van der Waals surface area contributed by atoms with Gasteiger partial charge in [0.15, 0.2) is 0 Å². The summed E-state index contributed by atoms with van der Waals surface area (Å²) in [6.07, 6.45) is 1.55. The molecule has 82 valence electrons. The van der Waals surface area contributed by atoms with Crippen molar-refractivity contribution in [1.82, 2.24) is 0 Å². The van der Waals surface area contributed by atoms with E-state index in [1.54, 1.807) is 7.11 Å². The third-order valence-corrected chi connectivity index (χ3v) is 3.12. The van der Waals surface area contributed by atoms with E-state index in [9.17, 15) is 5.11 Å². The molecule has 3 nitrogen and oxygen atoms in total. The molecule has 1 aromatic carbocycles. The third-order valence-electron chi connectivity index (χ3n) is 3.12. The number of ether oxygens (including phenoxy) is 1. The minimum absolute atomic E-state index is 0.0929. The summed E-state index contributed by atoms with van der Waals surface area (Å²) in [4.78, 5) is 0. The second-order valence-electron chi connectivity index (χ2n) is 4.08. The van der Waals surface area contributed by atoms with Gasteiger partial charge in [0.1, 0.15) is 0 Å². The van der Waals surface area contributed by atoms with E-state index in [2.05, 4.69) is 0 Å². The van der Waals surface area contributed by atoms with Gasteiger partial charge in [0, 0.05) is 13.7 Å². The summed E-state index contributed by atoms with van der Waals surface area (Å²) in [5, 5.41) is 9.65. The van der Waals surface area contributed by atoms with E-state index in [1.807, 2.05) is 24.3 Å². The van der Waals surface area contributed by atoms with Crippen LogP contribution in [0.3, 0.4) is 0 Å². The lowest BCUT2D eigenvalue weighted by atomic mass is 10.0. The zero-order valence-electron chi connectivity index (χ0n) is 8.94. The molecule has 3 N–H and O–H groups in total. The van der Waals surface area contributed by atoms with Crippen molar-refractivity contribution in [3.05, 3.63) is 35.4 Å². The Morgan fingerprint density at radius 3 is 2.80 bits per heavy atom. The van der Waals surface area contributed by atoms with Crippen molar-refractivity contribution < 1.29 is 9.84 Å². The number of hydrogen-bond donors (Lipinski definition) is 2. The predicted octanol–water partition coefficient (Wildman–Crippen LogP) is 1.31. The van der Waals surface area contributed by atoms with Crippen molar-refractivity contribution in [3.63, 3.8) is 0 Å². The number of nitrogens with two attached hydrogens (primary N) is 1. The molecule has 0 heterocycles. The topological polar surface area (TPSA) is 55.5 Å². The van der Waals surface area contributed by atoms with Crippen LogP contribution in [0.15, 0.2) is 24.3 Å². The second kappa shape index (κ2) is 3.93. The fourth-order valence-electron chi connectivity index (χ4n) is 1.89. The van der Waals surface area contributed by atoms with E-state index in [0.29, 0.717) is 0 Å².